The van der Waals surface area contributed by atoms with Gasteiger partial charge in [-0.25, -0.2) is 0 Å². The Morgan fingerprint density at radius 2 is 1.75 bits per heavy atom. The highest BCUT2D eigenvalue weighted by Gasteiger charge is 2.21. The molecule has 0 radical (unpaired) electrons. The van der Waals surface area contributed by atoms with E-state index in [2.05, 4.69) is 44.2 Å². The Kier molecular flexibility index (Phi) is 5.53. The molecule has 0 fully saturated rings. The molecule has 0 heterocycles. The van der Waals surface area contributed by atoms with Crippen LogP contribution < -0.4 is 5.73 Å². The van der Waals surface area contributed by atoms with Crippen molar-refractivity contribution in [1.29, 1.82) is 0 Å². The van der Waals surface area contributed by atoms with Crippen molar-refractivity contribution in [3.05, 3.63) is 64.7 Å². The summed E-state index contributed by atoms with van der Waals surface area (Å²) in [5.41, 5.74) is 8.70. The molecule has 3 heteroatoms. The molecule has 0 spiro atoms. The van der Waals surface area contributed by atoms with Gasteiger partial charge < -0.3 is 5.73 Å². The standard InChI is InChI=1S/C17H20ClNS/c1-3-16(19)17(14-6-4-5-7-15(14)18)20-13-10-8-12(2)9-11-13/h4-11,16-17H,3,19H2,1-2H3. The molecule has 2 rings (SSSR count). The molecule has 0 saturated heterocycles. The lowest BCUT2D eigenvalue weighted by molar-refractivity contribution is 0.634. The molecule has 1 nitrogen and oxygen atoms in total. The van der Waals surface area contributed by atoms with Crippen LogP contribution >= 0.6 is 23.4 Å². The molecule has 2 N–H and O–H groups in total. The van der Waals surface area contributed by atoms with E-state index in [1.165, 1.54) is 10.5 Å². The number of aryl methyl sites for hydroxylation is 1. The van der Waals surface area contributed by atoms with E-state index >= 15 is 0 Å². The van der Waals surface area contributed by atoms with Crippen LogP contribution in [0.15, 0.2) is 53.4 Å². The smallest absolute Gasteiger partial charge is 0.0510 e. The summed E-state index contributed by atoms with van der Waals surface area (Å²) < 4.78 is 0. The van der Waals surface area contributed by atoms with Gasteiger partial charge in [0.25, 0.3) is 0 Å². The first-order chi connectivity index (χ1) is 9.61. The van der Waals surface area contributed by atoms with E-state index in [1.54, 1.807) is 11.8 Å². The molecule has 0 saturated carbocycles. The van der Waals surface area contributed by atoms with Gasteiger partial charge in [-0.15, -0.1) is 11.8 Å². The van der Waals surface area contributed by atoms with E-state index in [4.69, 9.17) is 17.3 Å². The van der Waals surface area contributed by atoms with Crippen molar-refractivity contribution in [2.45, 2.75) is 36.5 Å². The van der Waals surface area contributed by atoms with E-state index in [9.17, 15) is 0 Å². The maximum absolute atomic E-state index is 6.34. The summed E-state index contributed by atoms with van der Waals surface area (Å²) in [5.74, 6) is 0. The molecule has 0 aliphatic heterocycles. The Balaban J connectivity index is 2.29. The van der Waals surface area contributed by atoms with E-state index < -0.39 is 0 Å². The highest BCUT2D eigenvalue weighted by Crippen LogP contribution is 2.40. The van der Waals surface area contributed by atoms with Crippen LogP contribution in [0.2, 0.25) is 5.02 Å². The van der Waals surface area contributed by atoms with Crippen LogP contribution in [0.1, 0.15) is 29.7 Å². The van der Waals surface area contributed by atoms with Crippen LogP contribution in [0.3, 0.4) is 0 Å². The summed E-state index contributed by atoms with van der Waals surface area (Å²) in [4.78, 5) is 1.23. The highest BCUT2D eigenvalue weighted by molar-refractivity contribution is 7.99. The molecular weight excluding hydrogens is 286 g/mol. The zero-order valence-electron chi connectivity index (χ0n) is 11.8. The second-order valence-corrected chi connectivity index (χ2v) is 6.57. The first-order valence-electron chi connectivity index (χ1n) is 6.85. The number of rotatable bonds is 5. The molecule has 0 bridgehead atoms. The van der Waals surface area contributed by atoms with Crippen LogP contribution in [0.4, 0.5) is 0 Å². The Hall–Kier alpha value is -0.960. The Morgan fingerprint density at radius 3 is 2.35 bits per heavy atom. The summed E-state index contributed by atoms with van der Waals surface area (Å²) in [7, 11) is 0. The lowest BCUT2D eigenvalue weighted by Crippen LogP contribution is -2.25. The van der Waals surface area contributed by atoms with Crippen molar-refractivity contribution in [2.24, 2.45) is 5.73 Å². The molecule has 0 amide bonds. The van der Waals surface area contributed by atoms with E-state index in [-0.39, 0.29) is 11.3 Å². The van der Waals surface area contributed by atoms with Crippen LogP contribution in [0, 0.1) is 6.92 Å². The minimum absolute atomic E-state index is 0.0844. The Labute approximate surface area is 130 Å². The zero-order valence-corrected chi connectivity index (χ0v) is 13.4. The number of halogens is 1. The second kappa shape index (κ2) is 7.16. The Morgan fingerprint density at radius 1 is 1.10 bits per heavy atom. The van der Waals surface area contributed by atoms with Gasteiger partial charge in [-0.1, -0.05) is 54.4 Å². The van der Waals surface area contributed by atoms with Crippen molar-refractivity contribution >= 4 is 23.4 Å². The number of hydrogen-bond donors (Lipinski definition) is 1. The largest absolute Gasteiger partial charge is 0.326 e. The van der Waals surface area contributed by atoms with Gasteiger partial charge in [-0.05, 0) is 37.1 Å². The lowest BCUT2D eigenvalue weighted by Gasteiger charge is -2.24. The van der Waals surface area contributed by atoms with Gasteiger partial charge in [0.1, 0.15) is 0 Å². The molecular formula is C17H20ClNS. The van der Waals surface area contributed by atoms with Crippen LogP contribution in [-0.4, -0.2) is 6.04 Å². The third kappa shape index (κ3) is 3.78. The van der Waals surface area contributed by atoms with E-state index in [1.807, 2.05) is 18.2 Å². The molecule has 2 aromatic rings. The van der Waals surface area contributed by atoms with Crippen molar-refractivity contribution in [3.63, 3.8) is 0 Å². The maximum Gasteiger partial charge on any atom is 0.0510 e. The van der Waals surface area contributed by atoms with E-state index in [0.717, 1.165) is 17.0 Å². The third-order valence-electron chi connectivity index (χ3n) is 3.36. The zero-order chi connectivity index (χ0) is 14.5. The Bertz CT molecular complexity index is 553. The minimum atomic E-state index is 0.0844. The van der Waals surface area contributed by atoms with Gasteiger partial charge in [-0.2, -0.15) is 0 Å². The van der Waals surface area contributed by atoms with E-state index in [0.29, 0.717) is 0 Å². The van der Waals surface area contributed by atoms with Crippen molar-refractivity contribution in [2.75, 3.05) is 0 Å². The molecule has 2 atom stereocenters. The lowest BCUT2D eigenvalue weighted by atomic mass is 10.0. The maximum atomic E-state index is 6.34. The summed E-state index contributed by atoms with van der Waals surface area (Å²) >= 11 is 8.13. The topological polar surface area (TPSA) is 26.0 Å². The van der Waals surface area contributed by atoms with Gasteiger partial charge in [0.15, 0.2) is 0 Å². The summed E-state index contributed by atoms with van der Waals surface area (Å²) in [6, 6.07) is 16.6. The van der Waals surface area contributed by atoms with Gasteiger partial charge in [-0.3, -0.25) is 0 Å². The summed E-state index contributed by atoms with van der Waals surface area (Å²) in [6.45, 7) is 4.21. The van der Waals surface area contributed by atoms with Gasteiger partial charge >= 0.3 is 0 Å². The van der Waals surface area contributed by atoms with Crippen molar-refractivity contribution in [1.82, 2.24) is 0 Å². The monoisotopic (exact) mass is 305 g/mol. The summed E-state index contributed by atoms with van der Waals surface area (Å²) in [5, 5.41) is 0.970. The molecule has 0 aliphatic carbocycles. The number of benzene rings is 2. The second-order valence-electron chi connectivity index (χ2n) is 4.95. The number of hydrogen-bond acceptors (Lipinski definition) is 2. The average Bonchev–Trinajstić information content (AvgIpc) is 2.47. The van der Waals surface area contributed by atoms with Crippen molar-refractivity contribution < 1.29 is 0 Å². The fourth-order valence-corrected chi connectivity index (χ4v) is 3.67. The molecule has 2 unspecified atom stereocenters. The molecule has 106 valence electrons. The molecule has 20 heavy (non-hydrogen) atoms. The average molecular weight is 306 g/mol. The predicted molar refractivity (Wildman–Crippen MR) is 89.5 cm³/mol. The minimum Gasteiger partial charge on any atom is -0.326 e. The predicted octanol–water partition coefficient (Wildman–Crippen LogP) is 5.22. The normalized spacial score (nSPS) is 14.0. The van der Waals surface area contributed by atoms with Gasteiger partial charge in [0.05, 0.1) is 5.25 Å². The first kappa shape index (κ1) is 15.4. The van der Waals surface area contributed by atoms with Gasteiger partial charge in [0.2, 0.25) is 0 Å². The molecule has 0 aliphatic rings. The van der Waals surface area contributed by atoms with Crippen LogP contribution in [-0.2, 0) is 0 Å². The van der Waals surface area contributed by atoms with Gasteiger partial charge in [0, 0.05) is 16.0 Å². The fraction of sp³-hybridized carbons (Fsp3) is 0.294. The molecule has 0 aromatic heterocycles. The number of nitrogens with two attached hydrogens (primary N) is 1. The molecule has 2 aromatic carbocycles. The summed E-state index contributed by atoms with van der Waals surface area (Å²) in [6.07, 6.45) is 0.925. The van der Waals surface area contributed by atoms with Crippen LogP contribution in [0.5, 0.6) is 0 Å². The van der Waals surface area contributed by atoms with Crippen molar-refractivity contribution in [3.8, 4) is 0 Å². The quantitative estimate of drug-likeness (QED) is 0.766. The fourth-order valence-electron chi connectivity index (χ4n) is 2.06. The first-order valence-corrected chi connectivity index (χ1v) is 8.11. The third-order valence-corrected chi connectivity index (χ3v) is 5.10. The number of thioether (sulfide) groups is 1. The SMILES string of the molecule is CCC(N)C(Sc1ccc(C)cc1)c1ccccc1Cl. The van der Waals surface area contributed by atoms with Crippen LogP contribution in [0.25, 0.3) is 0 Å². The highest BCUT2D eigenvalue weighted by atomic mass is 35.5.